The van der Waals surface area contributed by atoms with Crippen LogP contribution in [0.3, 0.4) is 0 Å². The molecule has 1 aliphatic rings. The van der Waals surface area contributed by atoms with Crippen LogP contribution in [-0.2, 0) is 0 Å². The molecule has 3 rings (SSSR count). The molecule has 0 radical (unpaired) electrons. The number of hydrogen-bond donors (Lipinski definition) is 0. The van der Waals surface area contributed by atoms with Crippen molar-refractivity contribution in [3.8, 4) is 0 Å². The molecule has 2 heterocycles. The first kappa shape index (κ1) is 15.5. The maximum atomic E-state index is 12.7. The second-order valence-electron chi connectivity index (χ2n) is 5.86. The molecule has 1 aromatic heterocycles. The van der Waals surface area contributed by atoms with Crippen LogP contribution in [0.1, 0.15) is 36.5 Å². The summed E-state index contributed by atoms with van der Waals surface area (Å²) < 4.78 is 0. The smallest absolute Gasteiger partial charge is 0.255 e. The Morgan fingerprint density at radius 1 is 1.09 bits per heavy atom. The van der Waals surface area contributed by atoms with Gasteiger partial charge in [0.15, 0.2) is 0 Å². The van der Waals surface area contributed by atoms with Crippen molar-refractivity contribution in [1.29, 1.82) is 0 Å². The van der Waals surface area contributed by atoms with Gasteiger partial charge < -0.3 is 9.80 Å². The standard InChI is InChI=1S/C19H23N3O/c1-2-22(17-9-5-3-6-10-17)18-13-16(14-20-15-18)19(23)21-11-7-4-8-12-21/h3,5-6,9-10,13-15H,2,4,7-8,11-12H2,1H3. The molecule has 0 bridgehead atoms. The molecule has 1 aliphatic heterocycles. The number of likely N-dealkylation sites (tertiary alicyclic amines) is 1. The molecular formula is C19H23N3O. The molecule has 0 N–H and O–H groups in total. The van der Waals surface area contributed by atoms with Crippen molar-refractivity contribution in [2.75, 3.05) is 24.5 Å². The van der Waals surface area contributed by atoms with E-state index in [1.54, 1.807) is 6.20 Å². The van der Waals surface area contributed by atoms with E-state index in [1.807, 2.05) is 35.4 Å². The van der Waals surface area contributed by atoms with Crippen LogP contribution in [-0.4, -0.2) is 35.4 Å². The monoisotopic (exact) mass is 309 g/mol. The Balaban J connectivity index is 1.85. The summed E-state index contributed by atoms with van der Waals surface area (Å²) in [5.74, 6) is 0.100. The molecule has 0 atom stereocenters. The fourth-order valence-electron chi connectivity index (χ4n) is 3.09. The van der Waals surface area contributed by atoms with Gasteiger partial charge in [0.25, 0.3) is 5.91 Å². The first-order valence-electron chi connectivity index (χ1n) is 8.36. The van der Waals surface area contributed by atoms with E-state index in [0.717, 1.165) is 43.9 Å². The molecular weight excluding hydrogens is 286 g/mol. The van der Waals surface area contributed by atoms with Crippen molar-refractivity contribution in [2.45, 2.75) is 26.2 Å². The molecule has 0 spiro atoms. The fourth-order valence-corrected chi connectivity index (χ4v) is 3.09. The Morgan fingerprint density at radius 3 is 2.52 bits per heavy atom. The van der Waals surface area contributed by atoms with Gasteiger partial charge in [-0.3, -0.25) is 9.78 Å². The molecule has 120 valence electrons. The lowest BCUT2D eigenvalue weighted by molar-refractivity contribution is 0.0724. The minimum absolute atomic E-state index is 0.100. The zero-order chi connectivity index (χ0) is 16.1. The molecule has 1 saturated heterocycles. The number of carbonyl (C=O) groups excluding carboxylic acids is 1. The predicted octanol–water partition coefficient (Wildman–Crippen LogP) is 3.87. The Morgan fingerprint density at radius 2 is 1.83 bits per heavy atom. The highest BCUT2D eigenvalue weighted by Crippen LogP contribution is 2.25. The van der Waals surface area contributed by atoms with Gasteiger partial charge in [0.1, 0.15) is 0 Å². The van der Waals surface area contributed by atoms with Crippen molar-refractivity contribution in [3.05, 3.63) is 54.4 Å². The summed E-state index contributed by atoms with van der Waals surface area (Å²) in [7, 11) is 0. The van der Waals surface area contributed by atoms with Crippen LogP contribution in [0.4, 0.5) is 11.4 Å². The summed E-state index contributed by atoms with van der Waals surface area (Å²) >= 11 is 0. The van der Waals surface area contributed by atoms with Gasteiger partial charge in [0, 0.05) is 31.5 Å². The maximum Gasteiger partial charge on any atom is 0.255 e. The number of aromatic nitrogens is 1. The van der Waals surface area contributed by atoms with E-state index in [0.29, 0.717) is 5.56 Å². The predicted molar refractivity (Wildman–Crippen MR) is 93.1 cm³/mol. The van der Waals surface area contributed by atoms with Gasteiger partial charge in [-0.25, -0.2) is 0 Å². The lowest BCUT2D eigenvalue weighted by Crippen LogP contribution is -2.35. The lowest BCUT2D eigenvalue weighted by atomic mass is 10.1. The number of nitrogens with zero attached hydrogens (tertiary/aromatic N) is 3. The molecule has 0 aliphatic carbocycles. The van der Waals surface area contributed by atoms with Gasteiger partial charge >= 0.3 is 0 Å². The van der Waals surface area contributed by atoms with Gasteiger partial charge in [-0.2, -0.15) is 0 Å². The van der Waals surface area contributed by atoms with E-state index in [9.17, 15) is 4.79 Å². The van der Waals surface area contributed by atoms with Gasteiger partial charge in [-0.1, -0.05) is 18.2 Å². The van der Waals surface area contributed by atoms with Crippen LogP contribution in [0.2, 0.25) is 0 Å². The normalized spacial score (nSPS) is 14.6. The van der Waals surface area contributed by atoms with Crippen molar-refractivity contribution in [3.63, 3.8) is 0 Å². The number of rotatable bonds is 4. The minimum Gasteiger partial charge on any atom is -0.340 e. The van der Waals surface area contributed by atoms with E-state index in [4.69, 9.17) is 0 Å². The fraction of sp³-hybridized carbons (Fsp3) is 0.368. The van der Waals surface area contributed by atoms with Gasteiger partial charge in [0.2, 0.25) is 0 Å². The second kappa shape index (κ2) is 7.27. The number of amides is 1. The highest BCUT2D eigenvalue weighted by molar-refractivity contribution is 5.95. The molecule has 0 unspecified atom stereocenters. The Kier molecular flexibility index (Phi) is 4.91. The van der Waals surface area contributed by atoms with Gasteiger partial charge in [0.05, 0.1) is 17.4 Å². The second-order valence-corrected chi connectivity index (χ2v) is 5.86. The topological polar surface area (TPSA) is 36.4 Å². The first-order valence-corrected chi connectivity index (χ1v) is 8.36. The summed E-state index contributed by atoms with van der Waals surface area (Å²) in [6.07, 6.45) is 6.93. The Labute approximate surface area is 137 Å². The van der Waals surface area contributed by atoms with Crippen LogP contribution in [0, 0.1) is 0 Å². The summed E-state index contributed by atoms with van der Waals surface area (Å²) in [4.78, 5) is 21.1. The molecule has 4 nitrogen and oxygen atoms in total. The zero-order valence-electron chi connectivity index (χ0n) is 13.6. The first-order chi connectivity index (χ1) is 11.3. The van der Waals surface area contributed by atoms with E-state index in [-0.39, 0.29) is 5.91 Å². The quantitative estimate of drug-likeness (QED) is 0.860. The van der Waals surface area contributed by atoms with E-state index in [2.05, 4.69) is 28.9 Å². The third-order valence-electron chi connectivity index (χ3n) is 4.31. The summed E-state index contributed by atoms with van der Waals surface area (Å²) in [5, 5.41) is 0. The number of hydrogen-bond acceptors (Lipinski definition) is 3. The molecule has 4 heteroatoms. The number of carbonyl (C=O) groups is 1. The van der Waals surface area contributed by atoms with Crippen LogP contribution >= 0.6 is 0 Å². The molecule has 23 heavy (non-hydrogen) atoms. The third-order valence-corrected chi connectivity index (χ3v) is 4.31. The number of piperidine rings is 1. The van der Waals surface area contributed by atoms with Crippen molar-refractivity contribution < 1.29 is 4.79 Å². The summed E-state index contributed by atoms with van der Waals surface area (Å²) in [6.45, 7) is 4.65. The van der Waals surface area contributed by atoms with Crippen molar-refractivity contribution in [2.24, 2.45) is 0 Å². The van der Waals surface area contributed by atoms with Crippen LogP contribution in [0.15, 0.2) is 48.8 Å². The van der Waals surface area contributed by atoms with Crippen molar-refractivity contribution >= 4 is 17.3 Å². The van der Waals surface area contributed by atoms with Crippen LogP contribution in [0.5, 0.6) is 0 Å². The molecule has 1 fully saturated rings. The average Bonchev–Trinajstić information content (AvgIpc) is 2.64. The summed E-state index contributed by atoms with van der Waals surface area (Å²) in [6, 6.07) is 12.2. The maximum absolute atomic E-state index is 12.7. The molecule has 0 saturated carbocycles. The SMILES string of the molecule is CCN(c1ccccc1)c1cncc(C(=O)N2CCCCC2)c1. The lowest BCUT2D eigenvalue weighted by Gasteiger charge is -2.27. The van der Waals surface area contributed by atoms with E-state index in [1.165, 1.54) is 6.42 Å². The van der Waals surface area contributed by atoms with Crippen LogP contribution in [0.25, 0.3) is 0 Å². The summed E-state index contributed by atoms with van der Waals surface area (Å²) in [5.41, 5.74) is 2.75. The number of anilines is 2. The molecule has 1 aromatic carbocycles. The number of benzene rings is 1. The van der Waals surface area contributed by atoms with E-state index < -0.39 is 0 Å². The Bertz CT molecular complexity index is 651. The molecule has 2 aromatic rings. The Hall–Kier alpha value is -2.36. The van der Waals surface area contributed by atoms with Crippen LogP contribution < -0.4 is 4.90 Å². The largest absolute Gasteiger partial charge is 0.340 e. The highest BCUT2D eigenvalue weighted by atomic mass is 16.2. The molecule has 1 amide bonds. The highest BCUT2D eigenvalue weighted by Gasteiger charge is 2.19. The van der Waals surface area contributed by atoms with Crippen molar-refractivity contribution in [1.82, 2.24) is 9.88 Å². The number of pyridine rings is 1. The third kappa shape index (κ3) is 3.52. The number of para-hydroxylation sites is 1. The zero-order valence-corrected chi connectivity index (χ0v) is 13.6. The van der Waals surface area contributed by atoms with Gasteiger partial charge in [-0.15, -0.1) is 0 Å². The average molecular weight is 309 g/mol. The van der Waals surface area contributed by atoms with E-state index >= 15 is 0 Å². The minimum atomic E-state index is 0.100. The van der Waals surface area contributed by atoms with Gasteiger partial charge in [-0.05, 0) is 44.4 Å².